The van der Waals surface area contributed by atoms with Crippen LogP contribution < -0.4 is 5.73 Å². The number of piperidine rings is 1. The molecule has 130 valence electrons. The molecule has 2 aliphatic rings. The SMILES string of the molecule is CN(C(=O)C1(N)CC1)C1CCN(Cc2ccccc2)CC1.Cl.Cl. The molecule has 1 aliphatic carbocycles. The zero-order valence-corrected chi connectivity index (χ0v) is 15.2. The zero-order chi connectivity index (χ0) is 14.9. The Labute approximate surface area is 151 Å². The van der Waals surface area contributed by atoms with Crippen molar-refractivity contribution in [1.82, 2.24) is 9.80 Å². The fourth-order valence-electron chi connectivity index (χ4n) is 3.17. The number of carbonyl (C=O) groups is 1. The molecule has 6 heteroatoms. The van der Waals surface area contributed by atoms with Gasteiger partial charge in [-0.1, -0.05) is 30.3 Å². The van der Waals surface area contributed by atoms with E-state index >= 15 is 0 Å². The van der Waals surface area contributed by atoms with Gasteiger partial charge in [-0.3, -0.25) is 9.69 Å². The predicted octanol–water partition coefficient (Wildman–Crippen LogP) is 2.44. The van der Waals surface area contributed by atoms with Crippen molar-refractivity contribution < 1.29 is 4.79 Å². The lowest BCUT2D eigenvalue weighted by atomic mass is 10.0. The summed E-state index contributed by atoms with van der Waals surface area (Å²) in [5.74, 6) is 0.143. The normalized spacial score (nSPS) is 20.1. The maximum atomic E-state index is 12.3. The van der Waals surface area contributed by atoms with Gasteiger partial charge in [0.2, 0.25) is 5.91 Å². The zero-order valence-electron chi connectivity index (χ0n) is 13.6. The number of rotatable bonds is 4. The number of carbonyl (C=O) groups excluding carboxylic acids is 1. The Kier molecular flexibility index (Phi) is 7.33. The van der Waals surface area contributed by atoms with Crippen LogP contribution in [0.25, 0.3) is 0 Å². The molecule has 2 N–H and O–H groups in total. The van der Waals surface area contributed by atoms with Crippen LogP contribution >= 0.6 is 24.8 Å². The summed E-state index contributed by atoms with van der Waals surface area (Å²) in [5.41, 5.74) is 6.85. The van der Waals surface area contributed by atoms with Crippen molar-refractivity contribution in [3.8, 4) is 0 Å². The Hall–Kier alpha value is -0.810. The standard InChI is InChI=1S/C17H25N3O.2ClH/c1-19(16(21)17(18)9-10-17)15-7-11-20(12-8-15)13-14-5-3-2-4-6-14;;/h2-6,15H,7-13,18H2,1H3;2*1H. The van der Waals surface area contributed by atoms with Crippen LogP contribution in [0, 0.1) is 0 Å². The van der Waals surface area contributed by atoms with Gasteiger partial charge >= 0.3 is 0 Å². The average molecular weight is 360 g/mol. The van der Waals surface area contributed by atoms with Crippen LogP contribution in [0.2, 0.25) is 0 Å². The lowest BCUT2D eigenvalue weighted by Gasteiger charge is -2.37. The Morgan fingerprint density at radius 2 is 1.78 bits per heavy atom. The Morgan fingerprint density at radius 1 is 1.22 bits per heavy atom. The third-order valence-corrected chi connectivity index (χ3v) is 4.89. The van der Waals surface area contributed by atoms with E-state index < -0.39 is 5.54 Å². The van der Waals surface area contributed by atoms with E-state index in [0.717, 1.165) is 45.3 Å². The maximum absolute atomic E-state index is 12.3. The van der Waals surface area contributed by atoms with Crippen LogP contribution in [0.15, 0.2) is 30.3 Å². The number of nitrogens with two attached hydrogens (primary N) is 1. The van der Waals surface area contributed by atoms with Crippen LogP contribution in [0.1, 0.15) is 31.2 Å². The molecular weight excluding hydrogens is 333 g/mol. The first-order chi connectivity index (χ1) is 10.1. The summed E-state index contributed by atoms with van der Waals surface area (Å²) < 4.78 is 0. The Balaban J connectivity index is 0.00000132. The first-order valence-corrected chi connectivity index (χ1v) is 7.91. The topological polar surface area (TPSA) is 49.6 Å². The maximum Gasteiger partial charge on any atom is 0.242 e. The van der Waals surface area contributed by atoms with Crippen molar-refractivity contribution >= 4 is 30.7 Å². The average Bonchev–Trinajstić information content (AvgIpc) is 3.27. The van der Waals surface area contributed by atoms with Gasteiger partial charge in [0.1, 0.15) is 0 Å². The van der Waals surface area contributed by atoms with Crippen LogP contribution in [0.3, 0.4) is 0 Å². The second-order valence-electron chi connectivity index (χ2n) is 6.57. The van der Waals surface area contributed by atoms with Gasteiger partial charge in [0, 0.05) is 32.7 Å². The van der Waals surface area contributed by atoms with Gasteiger partial charge in [-0.25, -0.2) is 0 Å². The molecule has 0 atom stereocenters. The summed E-state index contributed by atoms with van der Waals surface area (Å²) in [5, 5.41) is 0. The molecule has 0 bridgehead atoms. The summed E-state index contributed by atoms with van der Waals surface area (Å²) in [7, 11) is 1.92. The number of amides is 1. The highest BCUT2D eigenvalue weighted by Gasteiger charge is 2.48. The lowest BCUT2D eigenvalue weighted by molar-refractivity contribution is -0.135. The molecule has 1 aliphatic heterocycles. The number of likely N-dealkylation sites (N-methyl/N-ethyl adjacent to an activating group) is 1. The van der Waals surface area contributed by atoms with E-state index in [2.05, 4.69) is 35.2 Å². The number of nitrogens with zero attached hydrogens (tertiary/aromatic N) is 2. The van der Waals surface area contributed by atoms with Crippen molar-refractivity contribution in [3.63, 3.8) is 0 Å². The smallest absolute Gasteiger partial charge is 0.242 e. The van der Waals surface area contributed by atoms with Crippen LogP contribution in [0.4, 0.5) is 0 Å². The van der Waals surface area contributed by atoms with Crippen molar-refractivity contribution in [2.24, 2.45) is 5.73 Å². The second-order valence-corrected chi connectivity index (χ2v) is 6.57. The van der Waals surface area contributed by atoms with Gasteiger partial charge < -0.3 is 10.6 Å². The van der Waals surface area contributed by atoms with Crippen molar-refractivity contribution in [2.75, 3.05) is 20.1 Å². The highest BCUT2D eigenvalue weighted by Crippen LogP contribution is 2.35. The number of halogens is 2. The number of benzene rings is 1. The minimum atomic E-state index is -0.532. The molecule has 1 aromatic carbocycles. The lowest BCUT2D eigenvalue weighted by Crippen LogP contribution is -2.51. The van der Waals surface area contributed by atoms with E-state index in [1.807, 2.05) is 11.9 Å². The molecule has 1 amide bonds. The van der Waals surface area contributed by atoms with E-state index in [1.165, 1.54) is 5.56 Å². The molecule has 0 radical (unpaired) electrons. The third kappa shape index (κ3) is 4.83. The van der Waals surface area contributed by atoms with E-state index in [9.17, 15) is 4.79 Å². The summed E-state index contributed by atoms with van der Waals surface area (Å²) in [6, 6.07) is 10.9. The van der Waals surface area contributed by atoms with Crippen molar-refractivity contribution in [1.29, 1.82) is 0 Å². The summed E-state index contributed by atoms with van der Waals surface area (Å²) in [4.78, 5) is 16.7. The van der Waals surface area contributed by atoms with Crippen LogP contribution in [0.5, 0.6) is 0 Å². The molecule has 1 saturated carbocycles. The summed E-state index contributed by atoms with van der Waals surface area (Å²) >= 11 is 0. The van der Waals surface area contributed by atoms with Crippen molar-refractivity contribution in [2.45, 2.75) is 43.8 Å². The fraction of sp³-hybridized carbons (Fsp3) is 0.588. The van der Waals surface area contributed by atoms with Crippen LogP contribution in [-0.4, -0.2) is 47.4 Å². The molecule has 2 fully saturated rings. The molecule has 3 rings (SSSR count). The highest BCUT2D eigenvalue weighted by molar-refractivity contribution is 5.89. The highest BCUT2D eigenvalue weighted by atomic mass is 35.5. The van der Waals surface area contributed by atoms with Gasteiger partial charge in [-0.15, -0.1) is 24.8 Å². The van der Waals surface area contributed by atoms with E-state index in [0.29, 0.717) is 6.04 Å². The van der Waals surface area contributed by atoms with Gasteiger partial charge in [-0.05, 0) is 31.2 Å². The monoisotopic (exact) mass is 359 g/mol. The summed E-state index contributed by atoms with van der Waals surface area (Å²) in [6.07, 6.45) is 3.79. The fourth-order valence-corrected chi connectivity index (χ4v) is 3.17. The van der Waals surface area contributed by atoms with Gasteiger partial charge in [0.25, 0.3) is 0 Å². The summed E-state index contributed by atoms with van der Waals surface area (Å²) in [6.45, 7) is 3.11. The van der Waals surface area contributed by atoms with Gasteiger partial charge in [0.05, 0.1) is 5.54 Å². The van der Waals surface area contributed by atoms with E-state index in [-0.39, 0.29) is 30.7 Å². The molecule has 0 spiro atoms. The molecule has 1 saturated heterocycles. The number of hydrogen-bond donors (Lipinski definition) is 1. The Bertz CT molecular complexity index is 500. The molecule has 0 unspecified atom stereocenters. The minimum Gasteiger partial charge on any atom is -0.341 e. The number of hydrogen-bond acceptors (Lipinski definition) is 3. The van der Waals surface area contributed by atoms with Gasteiger partial charge in [0.15, 0.2) is 0 Å². The third-order valence-electron chi connectivity index (χ3n) is 4.89. The molecule has 1 aromatic rings. The first-order valence-electron chi connectivity index (χ1n) is 7.91. The minimum absolute atomic E-state index is 0. The molecular formula is C17H27Cl2N3O. The predicted molar refractivity (Wildman–Crippen MR) is 98.2 cm³/mol. The molecule has 0 aromatic heterocycles. The Morgan fingerprint density at radius 3 is 2.30 bits per heavy atom. The number of likely N-dealkylation sites (tertiary alicyclic amines) is 1. The van der Waals surface area contributed by atoms with Gasteiger partial charge in [-0.2, -0.15) is 0 Å². The largest absolute Gasteiger partial charge is 0.341 e. The van der Waals surface area contributed by atoms with E-state index in [1.54, 1.807) is 0 Å². The molecule has 1 heterocycles. The first kappa shape index (κ1) is 20.2. The quantitative estimate of drug-likeness (QED) is 0.897. The van der Waals surface area contributed by atoms with Crippen LogP contribution in [-0.2, 0) is 11.3 Å². The second kappa shape index (κ2) is 8.34. The molecule has 4 nitrogen and oxygen atoms in total. The van der Waals surface area contributed by atoms with Crippen molar-refractivity contribution in [3.05, 3.63) is 35.9 Å². The molecule has 23 heavy (non-hydrogen) atoms. The van der Waals surface area contributed by atoms with E-state index in [4.69, 9.17) is 5.73 Å².